The van der Waals surface area contributed by atoms with E-state index in [9.17, 15) is 9.18 Å². The quantitative estimate of drug-likeness (QED) is 0.250. The molecule has 2 atom stereocenters. The third-order valence-electron chi connectivity index (χ3n) is 6.79. The number of nitrogens with zero attached hydrogens (tertiary/aromatic N) is 3. The van der Waals surface area contributed by atoms with Gasteiger partial charge in [-0.3, -0.25) is 5.32 Å². The van der Waals surface area contributed by atoms with Crippen LogP contribution in [0.5, 0.6) is 5.75 Å². The van der Waals surface area contributed by atoms with Gasteiger partial charge in [0.2, 0.25) is 0 Å². The molecule has 2 N–H and O–H groups in total. The molecule has 8 nitrogen and oxygen atoms in total. The van der Waals surface area contributed by atoms with Crippen molar-refractivity contribution < 1.29 is 18.7 Å². The lowest BCUT2D eigenvalue weighted by molar-refractivity contribution is 0.0727. The predicted molar refractivity (Wildman–Crippen MR) is 165 cm³/mol. The zero-order valence-corrected chi connectivity index (χ0v) is 24.8. The van der Waals surface area contributed by atoms with Crippen molar-refractivity contribution in [1.82, 2.24) is 20.2 Å². The van der Waals surface area contributed by atoms with Gasteiger partial charge in [-0.25, -0.2) is 19.2 Å². The molecule has 0 spiro atoms. The van der Waals surface area contributed by atoms with E-state index in [2.05, 4.69) is 32.4 Å². The van der Waals surface area contributed by atoms with Crippen molar-refractivity contribution in [3.8, 4) is 17.6 Å². The van der Waals surface area contributed by atoms with Gasteiger partial charge in [0.1, 0.15) is 30.6 Å². The van der Waals surface area contributed by atoms with Crippen LogP contribution in [0.1, 0.15) is 16.9 Å². The van der Waals surface area contributed by atoms with Crippen LogP contribution in [-0.4, -0.2) is 64.2 Å². The number of rotatable bonds is 6. The van der Waals surface area contributed by atoms with E-state index >= 15 is 0 Å². The van der Waals surface area contributed by atoms with Crippen molar-refractivity contribution in [2.24, 2.45) is 0 Å². The monoisotopic (exact) mass is 623 g/mol. The fourth-order valence-electron chi connectivity index (χ4n) is 4.65. The van der Waals surface area contributed by atoms with Crippen molar-refractivity contribution in [3.05, 3.63) is 76.1 Å². The summed E-state index contributed by atoms with van der Waals surface area (Å²) in [7, 11) is 0. The van der Waals surface area contributed by atoms with E-state index in [1.807, 2.05) is 23.9 Å². The minimum absolute atomic E-state index is 0.0580. The molecule has 2 aromatic heterocycles. The summed E-state index contributed by atoms with van der Waals surface area (Å²) >= 11 is 9.83. The van der Waals surface area contributed by atoms with Gasteiger partial charge in [-0.05, 0) is 42.0 Å². The molecule has 0 radical (unpaired) electrons. The molecular formula is C30H27ClFN5O3S2. The van der Waals surface area contributed by atoms with E-state index in [-0.39, 0.29) is 30.7 Å². The van der Waals surface area contributed by atoms with Crippen LogP contribution < -0.4 is 15.4 Å². The number of fused-ring (bicyclic) bond motifs is 1. The van der Waals surface area contributed by atoms with E-state index in [0.717, 1.165) is 45.4 Å². The maximum atomic E-state index is 13.4. The zero-order chi connectivity index (χ0) is 28.9. The third kappa shape index (κ3) is 7.07. The van der Waals surface area contributed by atoms with Crippen LogP contribution in [-0.2, 0) is 11.3 Å². The molecule has 1 amide bonds. The maximum absolute atomic E-state index is 13.4. The number of nitrogens with one attached hydrogen (secondary N) is 2. The summed E-state index contributed by atoms with van der Waals surface area (Å²) in [5.41, 5.74) is 2.24. The number of thiophene rings is 1. The number of carbonyl (C=O) groups excluding carboxylic acids is 1. The Morgan fingerprint density at radius 1 is 1.19 bits per heavy atom. The highest BCUT2D eigenvalue weighted by molar-refractivity contribution is 7.99. The number of thioether (sulfide) groups is 1. The van der Waals surface area contributed by atoms with Crippen LogP contribution in [0, 0.1) is 17.7 Å². The molecule has 0 bridgehead atoms. The van der Waals surface area contributed by atoms with Crippen molar-refractivity contribution >= 4 is 62.5 Å². The lowest BCUT2D eigenvalue weighted by atomic mass is 10.2. The van der Waals surface area contributed by atoms with Crippen LogP contribution >= 0.6 is 34.7 Å². The maximum Gasteiger partial charge on any atom is 0.410 e. The number of halogens is 2. The van der Waals surface area contributed by atoms with E-state index in [1.54, 1.807) is 29.2 Å². The number of hydrogen-bond acceptors (Lipinski definition) is 9. The fraction of sp³-hybridized carbons (Fsp3) is 0.300. The third-order valence-corrected chi connectivity index (χ3v) is 9.07. The molecule has 2 aliphatic rings. The summed E-state index contributed by atoms with van der Waals surface area (Å²) in [5, 5.41) is 7.08. The van der Waals surface area contributed by atoms with Gasteiger partial charge in [0.15, 0.2) is 5.82 Å². The molecule has 2 aliphatic heterocycles. The summed E-state index contributed by atoms with van der Waals surface area (Å²) in [4.78, 5) is 23.9. The standard InChI is InChI=1S/C30H27ClFN5O3S2/c31-25-14-22(5-7-27(25)39-17-19-2-1-3-20(32)12-19)36-29-28-26(34-18-35-29)15-24(42-28)6-4-21-13-23(16-33-21)40-30(38)37-8-10-41-11-9-37/h1-3,5,7,12,14-15,18,21,23,33H,8-11,13,16-17H2,(H,34,35,36). The second kappa shape index (κ2) is 13.2. The molecule has 2 saturated heterocycles. The molecule has 42 heavy (non-hydrogen) atoms. The van der Waals surface area contributed by atoms with Gasteiger partial charge >= 0.3 is 6.09 Å². The average molecular weight is 624 g/mol. The number of anilines is 2. The van der Waals surface area contributed by atoms with Crippen LogP contribution in [0.15, 0.2) is 54.9 Å². The first-order chi connectivity index (χ1) is 20.5. The number of aromatic nitrogens is 2. The Hall–Kier alpha value is -3.56. The second-order valence-corrected chi connectivity index (χ2v) is 12.5. The second-order valence-electron chi connectivity index (χ2n) is 9.81. The fourth-order valence-corrected chi connectivity index (χ4v) is 6.70. The Morgan fingerprint density at radius 3 is 2.90 bits per heavy atom. The Bertz CT molecular complexity index is 1650. The van der Waals surface area contributed by atoms with Gasteiger partial charge in [-0.1, -0.05) is 35.6 Å². The Morgan fingerprint density at radius 2 is 2.07 bits per heavy atom. The molecule has 2 unspecified atom stereocenters. The molecular weight excluding hydrogens is 597 g/mol. The highest BCUT2D eigenvalue weighted by atomic mass is 35.5. The lowest BCUT2D eigenvalue weighted by Crippen LogP contribution is -2.40. The molecule has 2 aromatic carbocycles. The zero-order valence-electron chi connectivity index (χ0n) is 22.4. The molecule has 12 heteroatoms. The minimum atomic E-state index is -0.310. The number of hydrogen-bond donors (Lipinski definition) is 2. The normalized spacial score (nSPS) is 18.4. The molecule has 2 fully saturated rings. The van der Waals surface area contributed by atoms with Crippen molar-refractivity contribution in [1.29, 1.82) is 0 Å². The van der Waals surface area contributed by atoms with Gasteiger partial charge in [-0.15, -0.1) is 11.3 Å². The van der Waals surface area contributed by atoms with Crippen LogP contribution in [0.3, 0.4) is 0 Å². The Kier molecular flexibility index (Phi) is 8.95. The summed E-state index contributed by atoms with van der Waals surface area (Å²) in [6, 6.07) is 13.5. The molecule has 6 rings (SSSR count). The SMILES string of the molecule is O=C(OC1CNC(C#Cc2cc3ncnc(Nc4ccc(OCc5cccc(F)c5)c(Cl)c4)c3s2)C1)N1CCSCC1. The van der Waals surface area contributed by atoms with E-state index < -0.39 is 0 Å². The predicted octanol–water partition coefficient (Wildman–Crippen LogP) is 6.07. The first-order valence-electron chi connectivity index (χ1n) is 13.5. The minimum Gasteiger partial charge on any atom is -0.487 e. The van der Waals surface area contributed by atoms with Gasteiger partial charge in [0, 0.05) is 43.2 Å². The lowest BCUT2D eigenvalue weighted by Gasteiger charge is -2.26. The summed E-state index contributed by atoms with van der Waals surface area (Å²) in [5.74, 6) is 9.26. The van der Waals surface area contributed by atoms with Crippen molar-refractivity contribution in [2.45, 2.75) is 25.2 Å². The Labute approximate surface area is 256 Å². The highest BCUT2D eigenvalue weighted by Crippen LogP contribution is 2.33. The molecule has 0 saturated carbocycles. The number of carbonyl (C=O) groups is 1. The molecule has 216 valence electrons. The highest BCUT2D eigenvalue weighted by Gasteiger charge is 2.28. The first kappa shape index (κ1) is 28.6. The van der Waals surface area contributed by atoms with Crippen molar-refractivity contribution in [3.63, 3.8) is 0 Å². The van der Waals surface area contributed by atoms with Gasteiger partial charge in [0.25, 0.3) is 0 Å². The van der Waals surface area contributed by atoms with Gasteiger partial charge in [0.05, 0.1) is 26.2 Å². The largest absolute Gasteiger partial charge is 0.487 e. The topological polar surface area (TPSA) is 88.6 Å². The summed E-state index contributed by atoms with van der Waals surface area (Å²) in [6.45, 7) is 2.28. The van der Waals surface area contributed by atoms with Crippen LogP contribution in [0.4, 0.5) is 20.7 Å². The van der Waals surface area contributed by atoms with Gasteiger partial charge < -0.3 is 19.7 Å². The van der Waals surface area contributed by atoms with E-state index in [1.165, 1.54) is 29.8 Å². The van der Waals surface area contributed by atoms with Crippen LogP contribution in [0.25, 0.3) is 10.2 Å². The average Bonchev–Trinajstić information content (AvgIpc) is 3.63. The molecule has 4 aromatic rings. The van der Waals surface area contributed by atoms with Crippen LogP contribution in [0.2, 0.25) is 5.02 Å². The number of ether oxygens (including phenoxy) is 2. The number of amides is 1. The van der Waals surface area contributed by atoms with Crippen molar-refractivity contribution in [2.75, 3.05) is 36.5 Å². The molecule has 0 aliphatic carbocycles. The smallest absolute Gasteiger partial charge is 0.410 e. The van der Waals surface area contributed by atoms with E-state index in [0.29, 0.717) is 35.1 Å². The number of benzene rings is 2. The van der Waals surface area contributed by atoms with E-state index in [4.69, 9.17) is 21.1 Å². The van der Waals surface area contributed by atoms with Gasteiger partial charge in [-0.2, -0.15) is 11.8 Å². The molecule has 4 heterocycles. The summed E-state index contributed by atoms with van der Waals surface area (Å²) < 4.78 is 25.8. The first-order valence-corrected chi connectivity index (χ1v) is 15.8. The Balaban J connectivity index is 1.07. The summed E-state index contributed by atoms with van der Waals surface area (Å²) in [6.07, 6.45) is 1.75.